The summed E-state index contributed by atoms with van der Waals surface area (Å²) in [4.78, 5) is 22.2. The first kappa shape index (κ1) is 24.6. The van der Waals surface area contributed by atoms with Crippen molar-refractivity contribution in [3.05, 3.63) is 60.6 Å². The van der Waals surface area contributed by atoms with Gasteiger partial charge in [-0.15, -0.1) is 0 Å². The number of nitrogens with one attached hydrogen (secondary N) is 2. The Morgan fingerprint density at radius 1 is 0.946 bits per heavy atom. The van der Waals surface area contributed by atoms with E-state index in [0.29, 0.717) is 39.8 Å². The first-order valence-corrected chi connectivity index (χ1v) is 11.8. The zero-order valence-electron chi connectivity index (χ0n) is 21.1. The molecule has 0 bridgehead atoms. The van der Waals surface area contributed by atoms with E-state index in [1.807, 2.05) is 6.07 Å². The third-order valence-corrected chi connectivity index (χ3v) is 6.58. The molecule has 1 aliphatic heterocycles. The first-order chi connectivity index (χ1) is 17.7. The molecule has 4 aromatic rings. The third-order valence-electron chi connectivity index (χ3n) is 6.58. The number of rotatable bonds is 6. The number of piperazine rings is 1. The quantitative estimate of drug-likeness (QED) is 0.385. The highest BCUT2D eigenvalue weighted by atomic mass is 19.2. The summed E-state index contributed by atoms with van der Waals surface area (Å²) in [5, 5.41) is 6.76. The van der Waals surface area contributed by atoms with E-state index in [0.717, 1.165) is 37.6 Å². The number of fused-ring (bicyclic) bond motifs is 1. The normalized spacial score (nSPS) is 15.6. The van der Waals surface area contributed by atoms with E-state index in [-0.39, 0.29) is 5.54 Å². The van der Waals surface area contributed by atoms with E-state index in [4.69, 9.17) is 4.74 Å². The Hall–Kier alpha value is -4.12. The number of likely N-dealkylation sites (N-methyl/N-ethyl adjacent to an activating group) is 1. The van der Waals surface area contributed by atoms with Crippen LogP contribution in [0.1, 0.15) is 13.8 Å². The monoisotopic (exact) mass is 506 g/mol. The van der Waals surface area contributed by atoms with Gasteiger partial charge in [0.05, 0.1) is 36.4 Å². The minimum Gasteiger partial charge on any atom is -0.493 e. The van der Waals surface area contributed by atoms with Gasteiger partial charge in [0, 0.05) is 48.9 Å². The molecule has 1 aromatic carbocycles. The van der Waals surface area contributed by atoms with Gasteiger partial charge in [0.15, 0.2) is 23.2 Å². The molecule has 9 nitrogen and oxygen atoms in total. The molecule has 1 aliphatic rings. The number of ether oxygens (including phenoxy) is 1. The first-order valence-electron chi connectivity index (χ1n) is 11.8. The molecule has 1 fully saturated rings. The molecule has 2 N–H and O–H groups in total. The number of hydrogen-bond donors (Lipinski definition) is 2. The molecule has 5 rings (SSSR count). The molecule has 0 spiro atoms. The lowest BCUT2D eigenvalue weighted by atomic mass is 10.00. The molecule has 3 aromatic heterocycles. The minimum absolute atomic E-state index is 0.0219. The number of pyridine rings is 2. The molecular formula is C26H28F2N8O. The molecule has 0 radical (unpaired) electrons. The van der Waals surface area contributed by atoms with Gasteiger partial charge in [0.1, 0.15) is 5.82 Å². The van der Waals surface area contributed by atoms with Crippen molar-refractivity contribution in [2.24, 2.45) is 0 Å². The van der Waals surface area contributed by atoms with Crippen molar-refractivity contribution in [2.45, 2.75) is 19.4 Å². The maximum atomic E-state index is 13.6. The average molecular weight is 507 g/mol. The summed E-state index contributed by atoms with van der Waals surface area (Å²) in [6.45, 7) is 7.06. The van der Waals surface area contributed by atoms with E-state index in [9.17, 15) is 8.78 Å². The molecule has 4 heterocycles. The van der Waals surface area contributed by atoms with Crippen molar-refractivity contribution in [3.63, 3.8) is 0 Å². The van der Waals surface area contributed by atoms with Gasteiger partial charge in [-0.3, -0.25) is 9.88 Å². The second kappa shape index (κ2) is 9.74. The molecular weight excluding hydrogens is 478 g/mol. The van der Waals surface area contributed by atoms with Gasteiger partial charge in [-0.25, -0.2) is 18.7 Å². The Labute approximate surface area is 213 Å². The summed E-state index contributed by atoms with van der Waals surface area (Å²) in [6, 6.07) is 7.42. The summed E-state index contributed by atoms with van der Waals surface area (Å²) >= 11 is 0. The highest BCUT2D eigenvalue weighted by Crippen LogP contribution is 2.32. The van der Waals surface area contributed by atoms with Crippen LogP contribution < -0.4 is 20.3 Å². The molecule has 1 saturated heterocycles. The highest BCUT2D eigenvalue weighted by Gasteiger charge is 2.32. The van der Waals surface area contributed by atoms with E-state index >= 15 is 0 Å². The van der Waals surface area contributed by atoms with E-state index < -0.39 is 11.6 Å². The van der Waals surface area contributed by atoms with Crippen LogP contribution in [0.25, 0.3) is 10.9 Å². The number of benzene rings is 1. The zero-order chi connectivity index (χ0) is 26.2. The van der Waals surface area contributed by atoms with Crippen LogP contribution in [-0.4, -0.2) is 64.2 Å². The molecule has 11 heteroatoms. The number of methoxy groups -OCH3 is 1. The molecule has 0 amide bonds. The number of aromatic nitrogens is 4. The fraction of sp³-hybridized carbons (Fsp3) is 0.308. The summed E-state index contributed by atoms with van der Waals surface area (Å²) in [5.41, 5.74) is 1.63. The Balaban J connectivity index is 1.32. The lowest BCUT2D eigenvalue weighted by Gasteiger charge is -2.45. The standard InChI is InChI=1S/C26H28F2N8O/c1-26(2)15-36(8-7-35(26)3)24-22(37-4)11-18(14-31-24)33-25-29-6-5-23(34-25)32-17-9-16-10-19(27)20(28)12-21(16)30-13-17/h5-6,9-14H,7-8,15H2,1-4H3,(H2,29,32,33,34). The van der Waals surface area contributed by atoms with Crippen molar-refractivity contribution in [1.29, 1.82) is 0 Å². The van der Waals surface area contributed by atoms with Crippen molar-refractivity contribution < 1.29 is 13.5 Å². The van der Waals surface area contributed by atoms with E-state index in [1.165, 1.54) is 6.20 Å². The third kappa shape index (κ3) is 5.21. The van der Waals surface area contributed by atoms with Gasteiger partial charge in [-0.1, -0.05) is 0 Å². The number of hydrogen-bond acceptors (Lipinski definition) is 9. The van der Waals surface area contributed by atoms with Crippen LogP contribution >= 0.6 is 0 Å². The lowest BCUT2D eigenvalue weighted by molar-refractivity contribution is 0.138. The van der Waals surface area contributed by atoms with Gasteiger partial charge < -0.3 is 20.3 Å². The maximum Gasteiger partial charge on any atom is 0.229 e. The van der Waals surface area contributed by atoms with Crippen molar-refractivity contribution in [3.8, 4) is 5.75 Å². The SMILES string of the molecule is COc1cc(Nc2nccc(Nc3cnc4cc(F)c(F)cc4c3)n2)cnc1N1CCN(C)C(C)(C)C1. The average Bonchev–Trinajstić information content (AvgIpc) is 2.87. The predicted molar refractivity (Wildman–Crippen MR) is 140 cm³/mol. The molecule has 37 heavy (non-hydrogen) atoms. The Morgan fingerprint density at radius 2 is 1.70 bits per heavy atom. The highest BCUT2D eigenvalue weighted by molar-refractivity contribution is 5.82. The number of anilines is 5. The number of halogens is 2. The van der Waals surface area contributed by atoms with Crippen LogP contribution in [0.3, 0.4) is 0 Å². The van der Waals surface area contributed by atoms with Gasteiger partial charge in [0.2, 0.25) is 5.95 Å². The lowest BCUT2D eigenvalue weighted by Crippen LogP contribution is -2.57. The summed E-state index contributed by atoms with van der Waals surface area (Å²) in [6.07, 6.45) is 4.86. The van der Waals surface area contributed by atoms with Crippen LogP contribution in [0.5, 0.6) is 5.75 Å². The molecule has 0 atom stereocenters. The fourth-order valence-corrected chi connectivity index (χ4v) is 4.27. The molecule has 0 aliphatic carbocycles. The summed E-state index contributed by atoms with van der Waals surface area (Å²) < 4.78 is 32.7. The zero-order valence-corrected chi connectivity index (χ0v) is 21.1. The smallest absolute Gasteiger partial charge is 0.229 e. The van der Waals surface area contributed by atoms with Crippen molar-refractivity contribution in [1.82, 2.24) is 24.8 Å². The van der Waals surface area contributed by atoms with Crippen LogP contribution in [0.2, 0.25) is 0 Å². The molecule has 192 valence electrons. The Kier molecular flexibility index (Phi) is 6.46. The molecule has 0 unspecified atom stereocenters. The topological polar surface area (TPSA) is 91.3 Å². The fourth-order valence-electron chi connectivity index (χ4n) is 4.27. The molecule has 0 saturated carbocycles. The van der Waals surface area contributed by atoms with Crippen molar-refractivity contribution in [2.75, 3.05) is 49.3 Å². The van der Waals surface area contributed by atoms with Gasteiger partial charge in [-0.2, -0.15) is 4.98 Å². The van der Waals surface area contributed by atoms with Gasteiger partial charge in [-0.05, 0) is 39.1 Å². The predicted octanol–water partition coefficient (Wildman–Crippen LogP) is 4.72. The van der Waals surface area contributed by atoms with Crippen molar-refractivity contribution >= 4 is 39.9 Å². The van der Waals surface area contributed by atoms with Crippen LogP contribution in [0.15, 0.2) is 48.9 Å². The summed E-state index contributed by atoms with van der Waals surface area (Å²) in [5.74, 6) is 0.447. The van der Waals surface area contributed by atoms with Gasteiger partial charge >= 0.3 is 0 Å². The van der Waals surface area contributed by atoms with Crippen LogP contribution in [-0.2, 0) is 0 Å². The Morgan fingerprint density at radius 3 is 2.49 bits per heavy atom. The van der Waals surface area contributed by atoms with E-state index in [1.54, 1.807) is 31.6 Å². The van der Waals surface area contributed by atoms with Gasteiger partial charge in [0.25, 0.3) is 0 Å². The van der Waals surface area contributed by atoms with E-state index in [2.05, 4.69) is 61.3 Å². The number of nitrogens with zero attached hydrogens (tertiary/aromatic N) is 6. The second-order valence-corrected chi connectivity index (χ2v) is 9.60. The van der Waals surface area contributed by atoms with Crippen LogP contribution in [0, 0.1) is 11.6 Å². The second-order valence-electron chi connectivity index (χ2n) is 9.60. The minimum atomic E-state index is -0.932. The largest absolute Gasteiger partial charge is 0.493 e. The van der Waals surface area contributed by atoms with Crippen LogP contribution in [0.4, 0.5) is 37.7 Å². The maximum absolute atomic E-state index is 13.6. The Bertz CT molecular complexity index is 1450. The summed E-state index contributed by atoms with van der Waals surface area (Å²) in [7, 11) is 3.76.